The Balaban J connectivity index is 1.33. The van der Waals surface area contributed by atoms with Crippen molar-refractivity contribution in [3.63, 3.8) is 0 Å². The summed E-state index contributed by atoms with van der Waals surface area (Å²) in [6, 6.07) is 3.75. The van der Waals surface area contributed by atoms with Gasteiger partial charge in [-0.1, -0.05) is 12.1 Å². The second kappa shape index (κ2) is 10.6. The molecule has 0 spiro atoms. The van der Waals surface area contributed by atoms with E-state index in [2.05, 4.69) is 5.32 Å². The van der Waals surface area contributed by atoms with Crippen molar-refractivity contribution in [1.82, 2.24) is 14.5 Å². The number of amides is 2. The van der Waals surface area contributed by atoms with Gasteiger partial charge in [0.2, 0.25) is 21.8 Å². The van der Waals surface area contributed by atoms with E-state index >= 15 is 0 Å². The Morgan fingerprint density at radius 3 is 2.27 bits per heavy atom. The fraction of sp³-hybridized carbons (Fsp3) is 0.625. The van der Waals surface area contributed by atoms with E-state index in [0.29, 0.717) is 37.8 Å². The number of hydrogen-bond acceptors (Lipinski definition) is 5. The number of alkyl halides is 3. The highest BCUT2D eigenvalue weighted by molar-refractivity contribution is 7.89. The monoisotopic (exact) mass is 545 g/mol. The van der Waals surface area contributed by atoms with Crippen molar-refractivity contribution in [3.05, 3.63) is 35.4 Å². The molecule has 3 aliphatic rings. The van der Waals surface area contributed by atoms with Gasteiger partial charge in [0.05, 0.1) is 22.6 Å². The number of carbonyl (C=O) groups is 3. The van der Waals surface area contributed by atoms with Crippen LogP contribution in [0.3, 0.4) is 0 Å². The van der Waals surface area contributed by atoms with Crippen LogP contribution in [0.5, 0.6) is 0 Å². The number of carboxylic acid groups (broad SMARTS) is 1. The first-order chi connectivity index (χ1) is 17.4. The van der Waals surface area contributed by atoms with E-state index in [1.807, 2.05) is 0 Å². The van der Waals surface area contributed by atoms with Crippen LogP contribution in [0.15, 0.2) is 24.3 Å². The molecule has 0 radical (unpaired) electrons. The highest BCUT2D eigenvalue weighted by Crippen LogP contribution is 2.36. The fourth-order valence-electron chi connectivity index (χ4n) is 5.25. The molecule has 1 aromatic carbocycles. The SMILES string of the molecule is O=C(O)C1CC(S(=O)(=O)N2CCC[C@H](C(=O)N3CCC[C@@H]3C(=O)NCc3ccc(C(F)(F)F)cc3)C2)C1. The Kier molecular flexibility index (Phi) is 7.84. The third-order valence-electron chi connectivity index (χ3n) is 7.55. The van der Waals surface area contributed by atoms with Crippen molar-refractivity contribution in [2.45, 2.75) is 62.5 Å². The minimum absolute atomic E-state index is 0.00575. The zero-order chi connectivity index (χ0) is 27.0. The fourth-order valence-corrected chi connectivity index (χ4v) is 7.40. The lowest BCUT2D eigenvalue weighted by Gasteiger charge is -2.39. The van der Waals surface area contributed by atoms with Crippen LogP contribution in [-0.2, 0) is 37.1 Å². The van der Waals surface area contributed by atoms with E-state index in [0.717, 1.165) is 12.1 Å². The van der Waals surface area contributed by atoms with Gasteiger partial charge in [0.25, 0.3) is 0 Å². The number of likely N-dealkylation sites (tertiary alicyclic amines) is 1. The van der Waals surface area contributed by atoms with Gasteiger partial charge in [0.1, 0.15) is 6.04 Å². The van der Waals surface area contributed by atoms with Crippen LogP contribution in [-0.4, -0.2) is 71.4 Å². The summed E-state index contributed by atoms with van der Waals surface area (Å²) in [4.78, 5) is 38.7. The molecular formula is C24H30F3N3O6S. The zero-order valence-corrected chi connectivity index (χ0v) is 20.9. The Morgan fingerprint density at radius 2 is 1.65 bits per heavy atom. The van der Waals surface area contributed by atoms with Gasteiger partial charge >= 0.3 is 12.1 Å². The molecule has 1 aromatic rings. The predicted molar refractivity (Wildman–Crippen MR) is 125 cm³/mol. The number of rotatable bonds is 7. The lowest BCUT2D eigenvalue weighted by Crippen LogP contribution is -2.53. The van der Waals surface area contributed by atoms with Gasteiger partial charge in [0.15, 0.2) is 0 Å². The normalized spacial score (nSPS) is 26.9. The molecule has 204 valence electrons. The third-order valence-corrected chi connectivity index (χ3v) is 9.82. The molecule has 0 aromatic heterocycles. The quantitative estimate of drug-likeness (QED) is 0.542. The second-order valence-corrected chi connectivity index (χ2v) is 12.2. The maximum atomic E-state index is 13.3. The first-order valence-corrected chi connectivity index (χ1v) is 13.8. The summed E-state index contributed by atoms with van der Waals surface area (Å²) in [7, 11) is -3.71. The van der Waals surface area contributed by atoms with Gasteiger partial charge in [-0.2, -0.15) is 13.2 Å². The zero-order valence-electron chi connectivity index (χ0n) is 20.1. The average molecular weight is 546 g/mol. The smallest absolute Gasteiger partial charge is 0.416 e. The maximum Gasteiger partial charge on any atom is 0.416 e. The van der Waals surface area contributed by atoms with Gasteiger partial charge in [0, 0.05) is 26.2 Å². The Labute approximate surface area is 213 Å². The van der Waals surface area contributed by atoms with Crippen LogP contribution in [0.25, 0.3) is 0 Å². The van der Waals surface area contributed by atoms with Gasteiger partial charge in [-0.25, -0.2) is 12.7 Å². The predicted octanol–water partition coefficient (Wildman–Crippen LogP) is 2.22. The number of piperidine rings is 1. The average Bonchev–Trinajstić information content (AvgIpc) is 3.30. The van der Waals surface area contributed by atoms with E-state index in [1.165, 1.54) is 21.3 Å². The van der Waals surface area contributed by atoms with E-state index < -0.39 is 56.8 Å². The number of carboxylic acids is 1. The minimum atomic E-state index is -4.45. The summed E-state index contributed by atoms with van der Waals surface area (Å²) >= 11 is 0. The van der Waals surface area contributed by atoms with Crippen LogP contribution in [0.4, 0.5) is 13.2 Å². The van der Waals surface area contributed by atoms with Gasteiger partial charge in [-0.15, -0.1) is 0 Å². The number of nitrogens with zero attached hydrogens (tertiary/aromatic N) is 2. The summed E-state index contributed by atoms with van der Waals surface area (Å²) in [6.45, 7) is 0.663. The highest BCUT2D eigenvalue weighted by Gasteiger charge is 2.47. The molecule has 4 rings (SSSR count). The van der Waals surface area contributed by atoms with Gasteiger partial charge in [-0.05, 0) is 56.2 Å². The van der Waals surface area contributed by atoms with Crippen LogP contribution in [0.2, 0.25) is 0 Å². The third kappa shape index (κ3) is 5.92. The van der Waals surface area contributed by atoms with E-state index in [1.54, 1.807) is 0 Å². The first-order valence-electron chi connectivity index (χ1n) is 12.3. The molecule has 1 aliphatic carbocycles. The first kappa shape index (κ1) is 27.4. The number of halogens is 3. The summed E-state index contributed by atoms with van der Waals surface area (Å²) in [5.41, 5.74) is -0.288. The van der Waals surface area contributed by atoms with Crippen molar-refractivity contribution >= 4 is 27.8 Å². The molecule has 2 heterocycles. The summed E-state index contributed by atoms with van der Waals surface area (Å²) in [5, 5.41) is 11.0. The molecule has 2 amide bonds. The summed E-state index contributed by atoms with van der Waals surface area (Å²) in [5.74, 6) is -2.95. The Hall–Kier alpha value is -2.67. The number of carbonyl (C=O) groups excluding carboxylic acids is 2. The van der Waals surface area contributed by atoms with Crippen molar-refractivity contribution in [1.29, 1.82) is 0 Å². The van der Waals surface area contributed by atoms with E-state index in [9.17, 15) is 36.0 Å². The van der Waals surface area contributed by atoms with E-state index in [-0.39, 0.29) is 38.4 Å². The number of benzene rings is 1. The van der Waals surface area contributed by atoms with E-state index in [4.69, 9.17) is 5.11 Å². The van der Waals surface area contributed by atoms with Gasteiger partial charge < -0.3 is 15.3 Å². The molecule has 0 bridgehead atoms. The molecule has 2 saturated heterocycles. The molecule has 0 unspecified atom stereocenters. The van der Waals surface area contributed by atoms with Crippen molar-refractivity contribution in [2.75, 3.05) is 19.6 Å². The van der Waals surface area contributed by atoms with Crippen LogP contribution < -0.4 is 5.32 Å². The van der Waals surface area contributed by atoms with Crippen LogP contribution in [0, 0.1) is 11.8 Å². The molecule has 37 heavy (non-hydrogen) atoms. The number of aliphatic carboxylic acids is 1. The number of sulfonamides is 1. The number of nitrogens with one attached hydrogen (secondary N) is 1. The lowest BCUT2D eigenvalue weighted by molar-refractivity contribution is -0.144. The molecule has 2 aliphatic heterocycles. The molecule has 2 N–H and O–H groups in total. The summed E-state index contributed by atoms with van der Waals surface area (Å²) < 4.78 is 65.5. The molecular weight excluding hydrogens is 515 g/mol. The molecule has 1 saturated carbocycles. The highest BCUT2D eigenvalue weighted by atomic mass is 32.2. The van der Waals surface area contributed by atoms with Gasteiger partial charge in [-0.3, -0.25) is 14.4 Å². The molecule has 13 heteroatoms. The molecule has 2 atom stereocenters. The molecule has 9 nitrogen and oxygen atoms in total. The number of hydrogen-bond donors (Lipinski definition) is 2. The summed E-state index contributed by atoms with van der Waals surface area (Å²) in [6.07, 6.45) is -2.28. The second-order valence-electron chi connectivity index (χ2n) is 9.97. The molecule has 3 fully saturated rings. The van der Waals surface area contributed by atoms with Crippen LogP contribution >= 0.6 is 0 Å². The van der Waals surface area contributed by atoms with Crippen molar-refractivity contribution < 1.29 is 41.1 Å². The largest absolute Gasteiger partial charge is 0.481 e. The topological polar surface area (TPSA) is 124 Å². The van der Waals surface area contributed by atoms with Crippen molar-refractivity contribution in [2.24, 2.45) is 11.8 Å². The van der Waals surface area contributed by atoms with Crippen LogP contribution in [0.1, 0.15) is 49.7 Å². The van der Waals surface area contributed by atoms with Crippen molar-refractivity contribution in [3.8, 4) is 0 Å². The Bertz CT molecular complexity index is 1140. The maximum absolute atomic E-state index is 13.3. The Morgan fingerprint density at radius 1 is 1.00 bits per heavy atom. The lowest BCUT2D eigenvalue weighted by atomic mass is 9.85. The standard InChI is InChI=1S/C24H30F3N3O6S/c25-24(26,27)18-7-5-15(6-8-18)13-28-21(31)20-4-2-10-30(20)22(32)16-3-1-9-29(14-16)37(35,36)19-11-17(12-19)23(33)34/h5-8,16-17,19-20H,1-4,9-14H2,(H,28,31)(H,33,34)/t16-,17?,19?,20+/m0/s1. The minimum Gasteiger partial charge on any atom is -0.481 e.